The molecule has 0 radical (unpaired) electrons. The van der Waals surface area contributed by atoms with E-state index in [0.29, 0.717) is 43.0 Å². The molecule has 2 aliphatic rings. The van der Waals surface area contributed by atoms with Crippen molar-refractivity contribution in [2.24, 2.45) is 0 Å². The molecule has 32 heavy (non-hydrogen) atoms. The van der Waals surface area contributed by atoms with Crippen molar-refractivity contribution >= 4 is 40.4 Å². The highest BCUT2D eigenvalue weighted by Crippen LogP contribution is 2.26. The van der Waals surface area contributed by atoms with Crippen molar-refractivity contribution in [1.82, 2.24) is 29.4 Å². The smallest absolute Gasteiger partial charge is 0.240 e. The Hall–Kier alpha value is -2.59. The number of carbonyl (C=O) groups excluding carboxylic acids is 2. The minimum Gasteiger partial charge on any atom is -0.378 e. The van der Waals surface area contributed by atoms with Gasteiger partial charge in [0.1, 0.15) is 6.54 Å². The molecule has 0 atom stereocenters. The normalized spacial score (nSPS) is 17.8. The predicted molar refractivity (Wildman–Crippen MR) is 122 cm³/mol. The molecule has 2 fully saturated rings. The van der Waals surface area contributed by atoms with Gasteiger partial charge >= 0.3 is 0 Å². The van der Waals surface area contributed by atoms with Gasteiger partial charge in [-0.1, -0.05) is 43.2 Å². The molecule has 1 aliphatic carbocycles. The van der Waals surface area contributed by atoms with E-state index >= 15 is 0 Å². The molecular weight excluding hydrogens is 428 g/mol. The molecule has 0 unspecified atom stereocenters. The lowest BCUT2D eigenvalue weighted by molar-refractivity contribution is -0.132. The summed E-state index contributed by atoms with van der Waals surface area (Å²) in [6.07, 6.45) is 5.71. The number of hydrogen-bond acceptors (Lipinski definition) is 6. The third-order valence-corrected chi connectivity index (χ3v) is 7.15. The summed E-state index contributed by atoms with van der Waals surface area (Å²) in [7, 11) is 0. The Labute approximate surface area is 190 Å². The summed E-state index contributed by atoms with van der Waals surface area (Å²) in [5.74, 6) is 0.986. The number of nitrogens with one attached hydrogen (secondary N) is 1. The summed E-state index contributed by atoms with van der Waals surface area (Å²) in [4.78, 5) is 27.2. The molecule has 1 aromatic carbocycles. The van der Waals surface area contributed by atoms with E-state index in [1.54, 1.807) is 0 Å². The first kappa shape index (κ1) is 21.3. The van der Waals surface area contributed by atoms with E-state index < -0.39 is 0 Å². The zero-order chi connectivity index (χ0) is 21.9. The molecule has 10 heteroatoms. The van der Waals surface area contributed by atoms with Crippen LogP contribution in [0.1, 0.15) is 32.1 Å². The molecule has 1 saturated heterocycles. The van der Waals surface area contributed by atoms with Crippen LogP contribution in [0.25, 0.3) is 16.8 Å². The monoisotopic (exact) mass is 456 g/mol. The van der Waals surface area contributed by atoms with E-state index in [1.165, 1.54) is 31.0 Å². The van der Waals surface area contributed by atoms with Gasteiger partial charge in [0.05, 0.1) is 30.0 Å². The maximum absolute atomic E-state index is 12.8. The summed E-state index contributed by atoms with van der Waals surface area (Å²) in [6, 6.07) is 8.17. The number of para-hydroxylation sites is 2. The van der Waals surface area contributed by atoms with Gasteiger partial charge in [0.15, 0.2) is 5.16 Å². The van der Waals surface area contributed by atoms with Crippen molar-refractivity contribution < 1.29 is 14.3 Å². The summed E-state index contributed by atoms with van der Waals surface area (Å²) in [5, 5.41) is 12.6. The Balaban J connectivity index is 1.36. The summed E-state index contributed by atoms with van der Waals surface area (Å²) in [6.45, 7) is 2.63. The van der Waals surface area contributed by atoms with E-state index in [9.17, 15) is 9.59 Å². The van der Waals surface area contributed by atoms with Crippen LogP contribution in [0, 0.1) is 0 Å². The van der Waals surface area contributed by atoms with E-state index in [1.807, 2.05) is 38.1 Å². The first-order valence-corrected chi connectivity index (χ1v) is 12.3. The molecule has 1 saturated carbocycles. The molecule has 2 amide bonds. The van der Waals surface area contributed by atoms with Crippen molar-refractivity contribution in [3.05, 3.63) is 24.3 Å². The Morgan fingerprint density at radius 3 is 2.59 bits per heavy atom. The third kappa shape index (κ3) is 4.33. The lowest BCUT2D eigenvalue weighted by atomic mass is 9.95. The van der Waals surface area contributed by atoms with Crippen LogP contribution < -0.4 is 5.32 Å². The molecule has 3 heterocycles. The number of morpholine rings is 1. The third-order valence-electron chi connectivity index (χ3n) is 6.23. The second-order valence-corrected chi connectivity index (χ2v) is 9.32. The van der Waals surface area contributed by atoms with Crippen LogP contribution in [0.3, 0.4) is 0 Å². The van der Waals surface area contributed by atoms with E-state index in [-0.39, 0.29) is 24.4 Å². The molecular formula is C22H28N6O3S. The number of fused-ring (bicyclic) bond motifs is 3. The molecule has 170 valence electrons. The number of hydrogen-bond donors (Lipinski definition) is 1. The quantitative estimate of drug-likeness (QED) is 0.571. The number of imidazole rings is 1. The molecule has 2 aromatic heterocycles. The second-order valence-electron chi connectivity index (χ2n) is 8.38. The van der Waals surface area contributed by atoms with Crippen molar-refractivity contribution in [1.29, 1.82) is 0 Å². The van der Waals surface area contributed by atoms with Crippen molar-refractivity contribution in [2.45, 2.75) is 49.8 Å². The summed E-state index contributed by atoms with van der Waals surface area (Å²) in [5.41, 5.74) is 1.86. The lowest BCUT2D eigenvalue weighted by Crippen LogP contribution is -2.41. The number of thioether (sulfide) groups is 1. The van der Waals surface area contributed by atoms with Crippen molar-refractivity contribution in [3.8, 4) is 0 Å². The predicted octanol–water partition coefficient (Wildman–Crippen LogP) is 2.08. The molecule has 1 aliphatic heterocycles. The maximum Gasteiger partial charge on any atom is 0.240 e. The van der Waals surface area contributed by atoms with Gasteiger partial charge in [-0.25, -0.2) is 0 Å². The zero-order valence-corrected chi connectivity index (χ0v) is 18.9. The van der Waals surface area contributed by atoms with Gasteiger partial charge in [0.25, 0.3) is 0 Å². The Morgan fingerprint density at radius 2 is 1.81 bits per heavy atom. The summed E-state index contributed by atoms with van der Waals surface area (Å²) >= 11 is 1.38. The minimum atomic E-state index is -0.000138. The van der Waals surface area contributed by atoms with E-state index in [0.717, 1.165) is 23.9 Å². The SMILES string of the molecule is O=C(Cn1c2ccccc2n2c(SCC(=O)N3CCOCC3)nnc12)NC1CCCCC1. The Morgan fingerprint density at radius 1 is 1.06 bits per heavy atom. The number of aromatic nitrogens is 4. The van der Waals surface area contributed by atoms with Crippen LogP contribution in [0.5, 0.6) is 0 Å². The molecule has 0 bridgehead atoms. The van der Waals surface area contributed by atoms with Crippen molar-refractivity contribution in [3.63, 3.8) is 0 Å². The van der Waals surface area contributed by atoms with Crippen LogP contribution >= 0.6 is 11.8 Å². The number of amides is 2. The van der Waals surface area contributed by atoms with Gasteiger partial charge in [0.2, 0.25) is 17.6 Å². The van der Waals surface area contributed by atoms with Gasteiger partial charge in [0, 0.05) is 19.1 Å². The number of carbonyl (C=O) groups is 2. The maximum atomic E-state index is 12.8. The molecule has 3 aromatic rings. The fourth-order valence-electron chi connectivity index (χ4n) is 4.58. The fraction of sp³-hybridized carbons (Fsp3) is 0.545. The summed E-state index contributed by atoms with van der Waals surface area (Å²) < 4.78 is 9.18. The standard InChI is InChI=1S/C22H28N6O3S/c29-19(23-16-6-2-1-3-7-16)14-27-17-8-4-5-9-18(17)28-21(27)24-25-22(28)32-15-20(30)26-10-12-31-13-11-26/h4-5,8-9,16H,1-3,6-7,10-15H2,(H,23,29). The first-order valence-electron chi connectivity index (χ1n) is 11.3. The van der Waals surface area contributed by atoms with Crippen LogP contribution in [0.2, 0.25) is 0 Å². The lowest BCUT2D eigenvalue weighted by Gasteiger charge is -2.26. The number of nitrogens with zero attached hydrogens (tertiary/aromatic N) is 5. The minimum absolute atomic E-state index is 0.000138. The highest BCUT2D eigenvalue weighted by molar-refractivity contribution is 7.99. The average molecular weight is 457 g/mol. The average Bonchev–Trinajstić information content (AvgIpc) is 3.38. The molecule has 0 spiro atoms. The Kier molecular flexibility index (Phi) is 6.31. The van der Waals surface area contributed by atoms with E-state index in [4.69, 9.17) is 4.74 Å². The molecule has 1 N–H and O–H groups in total. The Bertz CT molecular complexity index is 1110. The topological polar surface area (TPSA) is 93.8 Å². The van der Waals surface area contributed by atoms with Crippen molar-refractivity contribution in [2.75, 3.05) is 32.1 Å². The first-order chi connectivity index (χ1) is 15.7. The number of ether oxygens (including phenoxy) is 1. The van der Waals surface area contributed by atoms with Crippen LogP contribution in [-0.2, 0) is 20.9 Å². The highest BCUT2D eigenvalue weighted by Gasteiger charge is 2.22. The largest absolute Gasteiger partial charge is 0.378 e. The number of benzene rings is 1. The van der Waals surface area contributed by atoms with Gasteiger partial charge in [-0.15, -0.1) is 10.2 Å². The van der Waals surface area contributed by atoms with E-state index in [2.05, 4.69) is 15.5 Å². The second kappa shape index (κ2) is 9.50. The van der Waals surface area contributed by atoms with Gasteiger partial charge < -0.3 is 15.0 Å². The molecule has 5 rings (SSSR count). The van der Waals surface area contributed by atoms with Crippen LogP contribution in [0.15, 0.2) is 29.4 Å². The van der Waals surface area contributed by atoms with Gasteiger partial charge in [-0.3, -0.25) is 18.6 Å². The molecule has 9 nitrogen and oxygen atoms in total. The highest BCUT2D eigenvalue weighted by atomic mass is 32.2. The number of rotatable bonds is 6. The van der Waals surface area contributed by atoms with Gasteiger partial charge in [-0.05, 0) is 25.0 Å². The zero-order valence-electron chi connectivity index (χ0n) is 18.0. The van der Waals surface area contributed by atoms with Crippen LogP contribution in [0.4, 0.5) is 0 Å². The van der Waals surface area contributed by atoms with Gasteiger partial charge in [-0.2, -0.15) is 0 Å². The fourth-order valence-corrected chi connectivity index (χ4v) is 5.42. The van der Waals surface area contributed by atoms with Crippen LogP contribution in [-0.4, -0.2) is 74.0 Å².